The van der Waals surface area contributed by atoms with Crippen molar-refractivity contribution in [1.82, 2.24) is 0 Å². The van der Waals surface area contributed by atoms with Gasteiger partial charge in [-0.15, -0.1) is 0 Å². The van der Waals surface area contributed by atoms with Gasteiger partial charge in [-0.2, -0.15) is 0 Å². The van der Waals surface area contributed by atoms with Crippen molar-refractivity contribution in [2.45, 2.75) is 38.9 Å². The second kappa shape index (κ2) is 8.25. The van der Waals surface area contributed by atoms with Crippen molar-refractivity contribution in [2.75, 3.05) is 13.2 Å². The van der Waals surface area contributed by atoms with Crippen molar-refractivity contribution in [1.29, 1.82) is 0 Å². The van der Waals surface area contributed by atoms with Crippen LogP contribution in [0.3, 0.4) is 0 Å². The molecule has 3 atom stereocenters. The molecular weight excluding hydrogens is 228 g/mol. The number of hydrogen-bond acceptors (Lipinski definition) is 3. The normalized spacial score (nSPS) is 16.2. The molecule has 3 unspecified atom stereocenters. The largest absolute Gasteiger partial charge is 0.394 e. The predicted molar refractivity (Wildman–Crippen MR) is 72.4 cm³/mol. The van der Waals surface area contributed by atoms with Crippen molar-refractivity contribution < 1.29 is 14.9 Å². The van der Waals surface area contributed by atoms with Crippen molar-refractivity contribution in [3.05, 3.63) is 35.9 Å². The van der Waals surface area contributed by atoms with Gasteiger partial charge in [0.1, 0.15) is 0 Å². The maximum atomic E-state index is 10.1. The van der Waals surface area contributed by atoms with Gasteiger partial charge in [-0.3, -0.25) is 0 Å². The van der Waals surface area contributed by atoms with E-state index >= 15 is 0 Å². The number of aliphatic hydroxyl groups is 2. The maximum absolute atomic E-state index is 10.1. The summed E-state index contributed by atoms with van der Waals surface area (Å²) in [5.74, 6) is 0.193. The molecule has 3 nitrogen and oxygen atoms in total. The molecule has 18 heavy (non-hydrogen) atoms. The van der Waals surface area contributed by atoms with Crippen LogP contribution in [0, 0.1) is 5.92 Å². The SMILES string of the molecule is CCC(Cc1ccccc1)C(O)COC(C)CO. The van der Waals surface area contributed by atoms with E-state index in [1.54, 1.807) is 6.92 Å². The van der Waals surface area contributed by atoms with Gasteiger partial charge in [0.15, 0.2) is 0 Å². The molecule has 0 radical (unpaired) electrons. The van der Waals surface area contributed by atoms with Gasteiger partial charge >= 0.3 is 0 Å². The van der Waals surface area contributed by atoms with Crippen LogP contribution in [0.4, 0.5) is 0 Å². The molecule has 0 amide bonds. The zero-order valence-corrected chi connectivity index (χ0v) is 11.2. The van der Waals surface area contributed by atoms with Crippen LogP contribution in [0.15, 0.2) is 30.3 Å². The minimum absolute atomic E-state index is 0.0117. The Bertz CT molecular complexity index is 313. The third kappa shape index (κ3) is 5.17. The Morgan fingerprint density at radius 2 is 1.89 bits per heavy atom. The van der Waals surface area contributed by atoms with E-state index in [1.165, 1.54) is 5.56 Å². The van der Waals surface area contributed by atoms with Crippen molar-refractivity contribution in [3.8, 4) is 0 Å². The summed E-state index contributed by atoms with van der Waals surface area (Å²) in [5.41, 5.74) is 1.23. The molecule has 2 N–H and O–H groups in total. The molecule has 102 valence electrons. The molecule has 1 rings (SSSR count). The molecule has 0 fully saturated rings. The van der Waals surface area contributed by atoms with Gasteiger partial charge < -0.3 is 14.9 Å². The van der Waals surface area contributed by atoms with Gasteiger partial charge in [-0.25, -0.2) is 0 Å². The second-order valence-corrected chi connectivity index (χ2v) is 4.75. The lowest BCUT2D eigenvalue weighted by atomic mass is 9.92. The first-order valence-corrected chi connectivity index (χ1v) is 6.61. The highest BCUT2D eigenvalue weighted by molar-refractivity contribution is 5.15. The first-order valence-electron chi connectivity index (χ1n) is 6.61. The van der Waals surface area contributed by atoms with Crippen LogP contribution >= 0.6 is 0 Å². The Labute approximate surface area is 109 Å². The highest BCUT2D eigenvalue weighted by Crippen LogP contribution is 2.16. The van der Waals surface area contributed by atoms with Gasteiger partial charge in [-0.05, 0) is 24.8 Å². The van der Waals surface area contributed by atoms with E-state index in [0.29, 0.717) is 0 Å². The molecule has 0 heterocycles. The minimum atomic E-state index is -0.482. The lowest BCUT2D eigenvalue weighted by Gasteiger charge is -2.23. The third-order valence-corrected chi connectivity index (χ3v) is 3.22. The monoisotopic (exact) mass is 252 g/mol. The molecule has 0 bridgehead atoms. The number of hydrogen-bond donors (Lipinski definition) is 2. The Morgan fingerprint density at radius 3 is 2.44 bits per heavy atom. The molecule has 0 spiro atoms. The predicted octanol–water partition coefficient (Wildman–Crippen LogP) is 2.01. The molecule has 1 aromatic carbocycles. The highest BCUT2D eigenvalue weighted by Gasteiger charge is 2.18. The van der Waals surface area contributed by atoms with Gasteiger partial charge in [-0.1, -0.05) is 43.7 Å². The topological polar surface area (TPSA) is 49.7 Å². The summed E-state index contributed by atoms with van der Waals surface area (Å²) in [6.07, 6.45) is 1.07. The molecule has 3 heteroatoms. The van der Waals surface area contributed by atoms with E-state index in [9.17, 15) is 5.11 Å². The van der Waals surface area contributed by atoms with Crippen LogP contribution in [-0.4, -0.2) is 35.6 Å². The Hall–Kier alpha value is -0.900. The van der Waals surface area contributed by atoms with E-state index in [-0.39, 0.29) is 25.2 Å². The Kier molecular flexibility index (Phi) is 6.94. The summed E-state index contributed by atoms with van der Waals surface area (Å²) in [5, 5.41) is 19.0. The van der Waals surface area contributed by atoms with Gasteiger partial charge in [0.05, 0.1) is 25.4 Å². The average molecular weight is 252 g/mol. The lowest BCUT2D eigenvalue weighted by Crippen LogP contribution is -2.29. The van der Waals surface area contributed by atoms with Gasteiger partial charge in [0.2, 0.25) is 0 Å². The first-order chi connectivity index (χ1) is 8.67. The molecule has 1 aromatic rings. The molecule has 0 saturated heterocycles. The minimum Gasteiger partial charge on any atom is -0.394 e. The van der Waals surface area contributed by atoms with Crippen molar-refractivity contribution in [3.63, 3.8) is 0 Å². The van der Waals surface area contributed by atoms with Gasteiger partial charge in [0, 0.05) is 0 Å². The fourth-order valence-electron chi connectivity index (χ4n) is 1.92. The molecule has 0 aliphatic rings. The third-order valence-electron chi connectivity index (χ3n) is 3.22. The maximum Gasteiger partial charge on any atom is 0.0804 e. The van der Waals surface area contributed by atoms with Crippen LogP contribution in [0.25, 0.3) is 0 Å². The first kappa shape index (κ1) is 15.2. The van der Waals surface area contributed by atoms with E-state index in [4.69, 9.17) is 9.84 Å². The zero-order chi connectivity index (χ0) is 13.4. The van der Waals surface area contributed by atoms with E-state index < -0.39 is 6.10 Å². The van der Waals surface area contributed by atoms with E-state index in [0.717, 1.165) is 12.8 Å². The molecule has 0 aromatic heterocycles. The smallest absolute Gasteiger partial charge is 0.0804 e. The highest BCUT2D eigenvalue weighted by atomic mass is 16.5. The summed E-state index contributed by atoms with van der Waals surface area (Å²) < 4.78 is 5.37. The molecule has 0 saturated carbocycles. The average Bonchev–Trinajstić information content (AvgIpc) is 2.42. The Balaban J connectivity index is 2.45. The van der Waals surface area contributed by atoms with Crippen LogP contribution in [0.1, 0.15) is 25.8 Å². The lowest BCUT2D eigenvalue weighted by molar-refractivity contribution is -0.0421. The molecular formula is C15H24O3. The summed E-state index contributed by atoms with van der Waals surface area (Å²) in [4.78, 5) is 0. The van der Waals surface area contributed by atoms with Crippen LogP contribution in [0.5, 0.6) is 0 Å². The number of aliphatic hydroxyl groups excluding tert-OH is 2. The number of rotatable bonds is 8. The Morgan fingerprint density at radius 1 is 1.22 bits per heavy atom. The quantitative estimate of drug-likeness (QED) is 0.744. The standard InChI is InChI=1S/C15H24O3/c1-3-14(9-13-7-5-4-6-8-13)15(17)11-18-12(2)10-16/h4-8,12,14-17H,3,9-11H2,1-2H3. The summed E-state index contributed by atoms with van der Waals surface area (Å²) in [7, 11) is 0. The van der Waals surface area contributed by atoms with Gasteiger partial charge in [0.25, 0.3) is 0 Å². The summed E-state index contributed by atoms with van der Waals surface area (Å²) >= 11 is 0. The number of ether oxygens (including phenoxy) is 1. The van der Waals surface area contributed by atoms with E-state index in [1.807, 2.05) is 18.2 Å². The molecule has 0 aliphatic heterocycles. The van der Waals surface area contributed by atoms with E-state index in [2.05, 4.69) is 19.1 Å². The van der Waals surface area contributed by atoms with Crippen LogP contribution in [0.2, 0.25) is 0 Å². The summed E-state index contributed by atoms with van der Waals surface area (Å²) in [6, 6.07) is 10.2. The fraction of sp³-hybridized carbons (Fsp3) is 0.600. The molecule has 0 aliphatic carbocycles. The van der Waals surface area contributed by atoms with Crippen LogP contribution in [-0.2, 0) is 11.2 Å². The zero-order valence-electron chi connectivity index (χ0n) is 11.2. The second-order valence-electron chi connectivity index (χ2n) is 4.75. The van der Waals surface area contributed by atoms with Crippen molar-refractivity contribution in [2.24, 2.45) is 5.92 Å². The van der Waals surface area contributed by atoms with Crippen LogP contribution < -0.4 is 0 Å². The summed E-state index contributed by atoms with van der Waals surface area (Å²) in [6.45, 7) is 4.15. The van der Waals surface area contributed by atoms with Crippen molar-refractivity contribution >= 4 is 0 Å². The fourth-order valence-corrected chi connectivity index (χ4v) is 1.92. The number of benzene rings is 1.